The number of anilines is 3. The van der Waals surface area contributed by atoms with Crippen LogP contribution in [0.25, 0.3) is 82.5 Å². The second kappa shape index (κ2) is 10.3. The van der Waals surface area contributed by atoms with E-state index in [1.54, 1.807) is 0 Å². The molecule has 0 fully saturated rings. The van der Waals surface area contributed by atoms with Crippen molar-refractivity contribution in [2.75, 3.05) is 4.90 Å². The fourth-order valence-corrected chi connectivity index (χ4v) is 9.00. The van der Waals surface area contributed by atoms with E-state index in [1.165, 1.54) is 88.2 Å². The van der Waals surface area contributed by atoms with Gasteiger partial charge in [0.1, 0.15) is 0 Å². The van der Waals surface area contributed by atoms with Gasteiger partial charge in [-0.25, -0.2) is 0 Å². The van der Waals surface area contributed by atoms with Crippen molar-refractivity contribution in [1.82, 2.24) is 13.7 Å². The molecule has 11 aromatic rings. The summed E-state index contributed by atoms with van der Waals surface area (Å²) in [6.07, 6.45) is 0. The quantitative estimate of drug-likeness (QED) is 0.184. The highest BCUT2D eigenvalue weighted by Crippen LogP contribution is 2.50. The summed E-state index contributed by atoms with van der Waals surface area (Å²) in [6, 6.07) is 66.4. The van der Waals surface area contributed by atoms with Crippen molar-refractivity contribution in [2.24, 2.45) is 0 Å². The topological polar surface area (TPSA) is 18.0 Å². The van der Waals surface area contributed by atoms with Crippen LogP contribution in [0.3, 0.4) is 0 Å². The summed E-state index contributed by atoms with van der Waals surface area (Å²) in [7, 11) is 0. The van der Waals surface area contributed by atoms with Crippen molar-refractivity contribution in [2.45, 2.75) is 0 Å². The Balaban J connectivity index is 1.17. The molecule has 0 radical (unpaired) electrons. The molecule has 4 nitrogen and oxygen atoms in total. The highest BCUT2D eigenvalue weighted by molar-refractivity contribution is 6.22. The molecule has 8 aromatic carbocycles. The molecule has 0 unspecified atom stereocenters. The van der Waals surface area contributed by atoms with E-state index in [2.05, 4.69) is 201 Å². The van der Waals surface area contributed by atoms with Crippen LogP contribution in [0.4, 0.5) is 17.1 Å². The van der Waals surface area contributed by atoms with Crippen molar-refractivity contribution in [1.29, 1.82) is 0 Å². The molecule has 0 N–H and O–H groups in total. The highest BCUT2D eigenvalue weighted by atomic mass is 15.2. The van der Waals surface area contributed by atoms with Gasteiger partial charge in [-0.1, -0.05) is 97.1 Å². The number of hydrogen-bond acceptors (Lipinski definition) is 1. The summed E-state index contributed by atoms with van der Waals surface area (Å²) in [5, 5.41) is 7.50. The molecular weight excluding hydrogens is 633 g/mol. The first-order chi connectivity index (χ1) is 25.8. The van der Waals surface area contributed by atoms with Crippen LogP contribution in [-0.4, -0.2) is 13.7 Å². The van der Waals surface area contributed by atoms with Gasteiger partial charge in [-0.15, -0.1) is 0 Å². The third-order valence-corrected chi connectivity index (χ3v) is 11.1. The third-order valence-electron chi connectivity index (χ3n) is 11.1. The molecule has 1 aliphatic heterocycles. The lowest BCUT2D eigenvalue weighted by atomic mass is 10.1. The maximum absolute atomic E-state index is 2.49. The predicted molar refractivity (Wildman–Crippen MR) is 218 cm³/mol. The fraction of sp³-hybridized carbons (Fsp3) is 0. The van der Waals surface area contributed by atoms with Crippen LogP contribution in [0.2, 0.25) is 0 Å². The van der Waals surface area contributed by atoms with Crippen LogP contribution in [0.5, 0.6) is 0 Å². The molecule has 0 bridgehead atoms. The molecule has 0 aliphatic carbocycles. The second-order valence-electron chi connectivity index (χ2n) is 13.8. The zero-order valence-corrected chi connectivity index (χ0v) is 28.1. The van der Waals surface area contributed by atoms with E-state index in [1.807, 2.05) is 0 Å². The second-order valence-corrected chi connectivity index (χ2v) is 13.8. The van der Waals surface area contributed by atoms with Gasteiger partial charge in [0.25, 0.3) is 0 Å². The zero-order valence-electron chi connectivity index (χ0n) is 28.1. The molecule has 52 heavy (non-hydrogen) atoms. The van der Waals surface area contributed by atoms with E-state index in [9.17, 15) is 0 Å². The number of hydrogen-bond donors (Lipinski definition) is 0. The summed E-state index contributed by atoms with van der Waals surface area (Å²) < 4.78 is 7.34. The first kappa shape index (κ1) is 27.7. The number of rotatable bonds is 3. The smallest absolute Gasteiger partial charge is 0.0783 e. The number of nitrogens with zero attached hydrogens (tertiary/aromatic N) is 4. The van der Waals surface area contributed by atoms with Crippen LogP contribution < -0.4 is 4.90 Å². The van der Waals surface area contributed by atoms with Crippen LogP contribution in [-0.2, 0) is 0 Å². The number of benzene rings is 8. The molecule has 3 aromatic heterocycles. The van der Waals surface area contributed by atoms with E-state index >= 15 is 0 Å². The molecule has 0 amide bonds. The fourth-order valence-electron chi connectivity index (χ4n) is 9.00. The van der Waals surface area contributed by atoms with Gasteiger partial charge < -0.3 is 18.6 Å². The number of aromatic nitrogens is 3. The van der Waals surface area contributed by atoms with Crippen LogP contribution in [0.1, 0.15) is 0 Å². The van der Waals surface area contributed by atoms with Crippen molar-refractivity contribution < 1.29 is 0 Å². The largest absolute Gasteiger partial charge is 0.309 e. The van der Waals surface area contributed by atoms with Crippen molar-refractivity contribution in [3.05, 3.63) is 182 Å². The number of fused-ring (bicyclic) bond motifs is 11. The minimum absolute atomic E-state index is 1.16. The third kappa shape index (κ3) is 3.60. The molecule has 12 rings (SSSR count). The first-order valence-electron chi connectivity index (χ1n) is 17.9. The lowest BCUT2D eigenvalue weighted by Crippen LogP contribution is -2.17. The van der Waals surface area contributed by atoms with E-state index in [4.69, 9.17) is 0 Å². The monoisotopic (exact) mass is 662 g/mol. The molecule has 4 heteroatoms. The molecule has 1 aliphatic rings. The van der Waals surface area contributed by atoms with Crippen LogP contribution >= 0.6 is 0 Å². The van der Waals surface area contributed by atoms with Gasteiger partial charge in [0.2, 0.25) is 0 Å². The van der Waals surface area contributed by atoms with Gasteiger partial charge in [0.05, 0.1) is 50.2 Å². The minimum atomic E-state index is 1.16. The van der Waals surface area contributed by atoms with Crippen molar-refractivity contribution >= 4 is 82.5 Å². The van der Waals surface area contributed by atoms with Gasteiger partial charge >= 0.3 is 0 Å². The van der Waals surface area contributed by atoms with E-state index in [-0.39, 0.29) is 0 Å². The highest BCUT2D eigenvalue weighted by Gasteiger charge is 2.29. The Morgan fingerprint density at radius 2 is 0.750 bits per heavy atom. The Hall–Kier alpha value is -7.04. The van der Waals surface area contributed by atoms with Gasteiger partial charge in [-0.3, -0.25) is 0 Å². The summed E-state index contributed by atoms with van der Waals surface area (Å²) in [6.45, 7) is 0. The van der Waals surface area contributed by atoms with Gasteiger partial charge in [-0.05, 0) is 84.9 Å². The summed E-state index contributed by atoms with van der Waals surface area (Å²) in [5.41, 5.74) is 14.3. The van der Waals surface area contributed by atoms with E-state index < -0.39 is 0 Å². The molecule has 242 valence electrons. The Morgan fingerprint density at radius 1 is 0.250 bits per heavy atom. The van der Waals surface area contributed by atoms with Gasteiger partial charge in [0.15, 0.2) is 0 Å². The standard InChI is InChI=1S/C48H30N4/c1-3-14-31(15-4-1)49-40-21-9-7-18-34(40)37-28-33(26-27-42(37)49)51-41-22-10-8-19-35(41)38-29-47-39(30-46(38)51)36-20-13-25-45-48(36)52(47)44-24-12-11-23-43(44)50(45)32-16-5-2-6-17-32/h1-30H. The Kier molecular flexibility index (Phi) is 5.47. The zero-order chi connectivity index (χ0) is 33.9. The summed E-state index contributed by atoms with van der Waals surface area (Å²) >= 11 is 0. The molecule has 0 saturated carbocycles. The maximum Gasteiger partial charge on any atom is 0.0783 e. The number of para-hydroxylation sites is 7. The lowest BCUT2D eigenvalue weighted by Gasteiger charge is -2.33. The lowest BCUT2D eigenvalue weighted by molar-refractivity contribution is 1.11. The average Bonchev–Trinajstić information content (AvgIpc) is 3.84. The van der Waals surface area contributed by atoms with Crippen LogP contribution in [0, 0.1) is 0 Å². The average molecular weight is 663 g/mol. The molecule has 0 saturated heterocycles. The molecular formula is C48H30N4. The molecule has 0 spiro atoms. The first-order valence-corrected chi connectivity index (χ1v) is 17.9. The SMILES string of the molecule is c1ccc(N2c3ccccc3-n3c4cc5c6ccccc6n(-c6ccc7c(c6)c6ccccc6n7-c6ccccc6)c5cc4c4cccc2c43)cc1. The Morgan fingerprint density at radius 3 is 1.48 bits per heavy atom. The van der Waals surface area contributed by atoms with Crippen LogP contribution in [0.15, 0.2) is 182 Å². The molecule has 4 heterocycles. The minimum Gasteiger partial charge on any atom is -0.309 e. The van der Waals surface area contributed by atoms with Gasteiger partial charge in [-0.2, -0.15) is 0 Å². The van der Waals surface area contributed by atoms with Gasteiger partial charge in [0, 0.05) is 49.4 Å². The van der Waals surface area contributed by atoms with E-state index in [0.717, 1.165) is 11.4 Å². The predicted octanol–water partition coefficient (Wildman–Crippen LogP) is 12.8. The van der Waals surface area contributed by atoms with E-state index in [0.29, 0.717) is 0 Å². The van der Waals surface area contributed by atoms with Crippen molar-refractivity contribution in [3.8, 4) is 17.1 Å². The molecule has 0 atom stereocenters. The summed E-state index contributed by atoms with van der Waals surface area (Å²) in [5.74, 6) is 0. The Bertz CT molecular complexity index is 3230. The maximum atomic E-state index is 2.49. The Labute approximate surface area is 299 Å². The van der Waals surface area contributed by atoms with Crippen molar-refractivity contribution in [3.63, 3.8) is 0 Å². The normalized spacial score (nSPS) is 12.6. The summed E-state index contributed by atoms with van der Waals surface area (Å²) in [4.78, 5) is 2.41.